The predicted molar refractivity (Wildman–Crippen MR) is 82.7 cm³/mol. The Morgan fingerprint density at radius 3 is 2.62 bits per heavy atom. The molecule has 112 valence electrons. The number of hydrogen-bond acceptors (Lipinski definition) is 3. The molecule has 0 unspecified atom stereocenters. The van der Waals surface area contributed by atoms with E-state index >= 15 is 0 Å². The lowest BCUT2D eigenvalue weighted by Crippen LogP contribution is -2.13. The quantitative estimate of drug-likeness (QED) is 0.822. The molecule has 0 N–H and O–H groups in total. The fourth-order valence-corrected chi connectivity index (χ4v) is 2.54. The summed E-state index contributed by atoms with van der Waals surface area (Å²) >= 11 is 5.94. The molecular formula is C16H20ClN3O. The van der Waals surface area contributed by atoms with Gasteiger partial charge < -0.3 is 4.74 Å². The summed E-state index contributed by atoms with van der Waals surface area (Å²) in [6.45, 7) is 3.65. The van der Waals surface area contributed by atoms with Crippen molar-refractivity contribution in [1.29, 1.82) is 0 Å². The van der Waals surface area contributed by atoms with Crippen LogP contribution in [-0.4, -0.2) is 28.5 Å². The monoisotopic (exact) mass is 305 g/mol. The highest BCUT2D eigenvalue weighted by Crippen LogP contribution is 2.46. The van der Waals surface area contributed by atoms with E-state index in [1.165, 1.54) is 18.4 Å². The predicted octanol–water partition coefficient (Wildman–Crippen LogP) is 3.22. The number of rotatable bonds is 6. The molecule has 0 aliphatic heterocycles. The van der Waals surface area contributed by atoms with Gasteiger partial charge in [-0.15, -0.1) is 0 Å². The van der Waals surface area contributed by atoms with E-state index < -0.39 is 0 Å². The van der Waals surface area contributed by atoms with Crippen molar-refractivity contribution in [2.24, 2.45) is 0 Å². The van der Waals surface area contributed by atoms with Crippen LogP contribution in [0.4, 0.5) is 0 Å². The second-order valence-electron chi connectivity index (χ2n) is 5.94. The second-order valence-corrected chi connectivity index (χ2v) is 6.38. The Morgan fingerprint density at radius 2 is 2.00 bits per heavy atom. The minimum absolute atomic E-state index is 0.199. The lowest BCUT2D eigenvalue weighted by atomic mass is 10.1. The summed E-state index contributed by atoms with van der Waals surface area (Å²) in [7, 11) is 1.70. The lowest BCUT2D eigenvalue weighted by molar-refractivity contribution is 0.200. The van der Waals surface area contributed by atoms with Gasteiger partial charge in [0.1, 0.15) is 5.82 Å². The van der Waals surface area contributed by atoms with Crippen LogP contribution < -0.4 is 0 Å². The smallest absolute Gasteiger partial charge is 0.153 e. The van der Waals surface area contributed by atoms with E-state index in [9.17, 15) is 0 Å². The van der Waals surface area contributed by atoms with E-state index in [-0.39, 0.29) is 5.41 Å². The molecule has 1 aliphatic carbocycles. The van der Waals surface area contributed by atoms with E-state index in [0.29, 0.717) is 6.61 Å². The molecule has 2 aromatic rings. The topological polar surface area (TPSA) is 39.9 Å². The van der Waals surface area contributed by atoms with Crippen LogP contribution in [-0.2, 0) is 23.1 Å². The first kappa shape index (κ1) is 14.5. The molecule has 1 fully saturated rings. The van der Waals surface area contributed by atoms with Crippen LogP contribution in [0.2, 0.25) is 5.02 Å². The van der Waals surface area contributed by atoms with E-state index in [1.54, 1.807) is 7.11 Å². The lowest BCUT2D eigenvalue weighted by Gasteiger charge is -2.10. The Balaban J connectivity index is 1.85. The Bertz CT molecular complexity index is 617. The zero-order chi connectivity index (χ0) is 14.9. The van der Waals surface area contributed by atoms with Crippen molar-refractivity contribution >= 4 is 11.6 Å². The number of nitrogens with zero attached hydrogens (tertiary/aromatic N) is 3. The summed E-state index contributed by atoms with van der Waals surface area (Å²) in [5, 5.41) is 5.42. The van der Waals surface area contributed by atoms with Gasteiger partial charge in [0.2, 0.25) is 0 Å². The van der Waals surface area contributed by atoms with Crippen molar-refractivity contribution in [3.05, 3.63) is 46.5 Å². The van der Waals surface area contributed by atoms with Crippen LogP contribution in [0, 0.1) is 0 Å². The van der Waals surface area contributed by atoms with Gasteiger partial charge in [0.25, 0.3) is 0 Å². The molecule has 0 radical (unpaired) electrons. The van der Waals surface area contributed by atoms with Gasteiger partial charge in [-0.1, -0.05) is 30.7 Å². The highest BCUT2D eigenvalue weighted by atomic mass is 35.5. The average Bonchev–Trinajstić information content (AvgIpc) is 3.09. The number of methoxy groups -OCH3 is 1. The van der Waals surface area contributed by atoms with Crippen LogP contribution in [0.5, 0.6) is 0 Å². The van der Waals surface area contributed by atoms with Crippen LogP contribution >= 0.6 is 11.6 Å². The van der Waals surface area contributed by atoms with Crippen LogP contribution in [0.3, 0.4) is 0 Å². The Kier molecular flexibility index (Phi) is 4.00. The van der Waals surface area contributed by atoms with Crippen molar-refractivity contribution in [1.82, 2.24) is 14.8 Å². The highest BCUT2D eigenvalue weighted by Gasteiger charge is 2.43. The third-order valence-corrected chi connectivity index (χ3v) is 4.28. The fourth-order valence-electron chi connectivity index (χ4n) is 2.42. The zero-order valence-electron chi connectivity index (χ0n) is 12.5. The number of benzene rings is 1. The maximum Gasteiger partial charge on any atom is 0.153 e. The molecule has 1 aromatic carbocycles. The number of aromatic nitrogens is 3. The molecule has 0 amide bonds. The third kappa shape index (κ3) is 3.27. The highest BCUT2D eigenvalue weighted by molar-refractivity contribution is 6.30. The first-order valence-corrected chi connectivity index (χ1v) is 7.66. The van der Waals surface area contributed by atoms with Gasteiger partial charge in [0, 0.05) is 24.0 Å². The normalized spacial score (nSPS) is 16.1. The third-order valence-electron chi connectivity index (χ3n) is 4.03. The van der Waals surface area contributed by atoms with Gasteiger partial charge in [-0.25, -0.2) is 9.67 Å². The summed E-state index contributed by atoms with van der Waals surface area (Å²) in [6, 6.07) is 7.91. The summed E-state index contributed by atoms with van der Waals surface area (Å²) in [4.78, 5) is 4.74. The van der Waals surface area contributed by atoms with Crippen molar-refractivity contribution in [3.8, 4) is 0 Å². The molecule has 0 atom stereocenters. The SMILES string of the molecule is COCCc1nc(C2(C)CC2)n(Cc2ccc(Cl)cc2)n1. The van der Waals surface area contributed by atoms with Crippen molar-refractivity contribution in [2.75, 3.05) is 13.7 Å². The average molecular weight is 306 g/mol. The van der Waals surface area contributed by atoms with Crippen LogP contribution in [0.1, 0.15) is 37.0 Å². The molecule has 1 aromatic heterocycles. The van der Waals surface area contributed by atoms with E-state index in [2.05, 4.69) is 12.0 Å². The van der Waals surface area contributed by atoms with Crippen LogP contribution in [0.25, 0.3) is 0 Å². The Hall–Kier alpha value is -1.39. The molecule has 0 bridgehead atoms. The Labute approximate surface area is 130 Å². The minimum Gasteiger partial charge on any atom is -0.384 e. The molecule has 1 heterocycles. The largest absolute Gasteiger partial charge is 0.384 e. The van der Waals surface area contributed by atoms with Gasteiger partial charge in [0.15, 0.2) is 5.82 Å². The maximum absolute atomic E-state index is 5.94. The van der Waals surface area contributed by atoms with E-state index in [0.717, 1.165) is 29.6 Å². The minimum atomic E-state index is 0.199. The molecule has 21 heavy (non-hydrogen) atoms. The standard InChI is InChI=1S/C16H20ClN3O/c1-16(8-9-16)15-18-14(7-10-21-2)19-20(15)11-12-3-5-13(17)6-4-12/h3-6H,7-11H2,1-2H3. The number of hydrogen-bond donors (Lipinski definition) is 0. The molecule has 0 saturated heterocycles. The van der Waals surface area contributed by atoms with Crippen LogP contribution in [0.15, 0.2) is 24.3 Å². The van der Waals surface area contributed by atoms with Gasteiger partial charge in [-0.3, -0.25) is 0 Å². The van der Waals surface area contributed by atoms with Gasteiger partial charge >= 0.3 is 0 Å². The molecule has 1 saturated carbocycles. The van der Waals surface area contributed by atoms with Gasteiger partial charge in [0.05, 0.1) is 13.2 Å². The Morgan fingerprint density at radius 1 is 1.29 bits per heavy atom. The molecule has 1 aliphatic rings. The first-order chi connectivity index (χ1) is 10.1. The molecule has 5 heteroatoms. The molecular weight excluding hydrogens is 286 g/mol. The van der Waals surface area contributed by atoms with Gasteiger partial charge in [-0.05, 0) is 30.5 Å². The molecule has 3 rings (SSSR count). The van der Waals surface area contributed by atoms with Gasteiger partial charge in [-0.2, -0.15) is 5.10 Å². The summed E-state index contributed by atoms with van der Waals surface area (Å²) in [5.74, 6) is 1.97. The van der Waals surface area contributed by atoms with Crippen molar-refractivity contribution < 1.29 is 4.74 Å². The number of ether oxygens (including phenoxy) is 1. The van der Waals surface area contributed by atoms with Crippen molar-refractivity contribution in [2.45, 2.75) is 38.1 Å². The summed E-state index contributed by atoms with van der Waals surface area (Å²) < 4.78 is 7.17. The summed E-state index contributed by atoms with van der Waals surface area (Å²) in [5.41, 5.74) is 1.39. The summed E-state index contributed by atoms with van der Waals surface area (Å²) in [6.07, 6.45) is 3.14. The van der Waals surface area contributed by atoms with E-state index in [1.807, 2.05) is 28.9 Å². The van der Waals surface area contributed by atoms with E-state index in [4.69, 9.17) is 21.3 Å². The zero-order valence-corrected chi connectivity index (χ0v) is 13.2. The second kappa shape index (κ2) is 5.78. The molecule has 0 spiro atoms. The van der Waals surface area contributed by atoms with Crippen molar-refractivity contribution in [3.63, 3.8) is 0 Å². The maximum atomic E-state index is 5.94. The fraction of sp³-hybridized carbons (Fsp3) is 0.500. The first-order valence-electron chi connectivity index (χ1n) is 7.28. The molecule has 4 nitrogen and oxygen atoms in total. The number of halogens is 1.